The average Bonchev–Trinajstić information content (AvgIpc) is 2.64. The third-order valence-corrected chi connectivity index (χ3v) is 4.02. The van der Waals surface area contributed by atoms with Gasteiger partial charge in [-0.15, -0.1) is 0 Å². The van der Waals surface area contributed by atoms with Crippen molar-refractivity contribution in [2.75, 3.05) is 29.6 Å². The van der Waals surface area contributed by atoms with Crippen LogP contribution in [0.2, 0.25) is 5.02 Å². The van der Waals surface area contributed by atoms with Crippen LogP contribution < -0.4 is 15.5 Å². The Morgan fingerprint density at radius 3 is 2.08 bits per heavy atom. The molecule has 0 radical (unpaired) electrons. The van der Waals surface area contributed by atoms with Gasteiger partial charge in [-0.1, -0.05) is 11.6 Å². The summed E-state index contributed by atoms with van der Waals surface area (Å²) in [6.07, 6.45) is 1.64. The van der Waals surface area contributed by atoms with Gasteiger partial charge in [0.2, 0.25) is 0 Å². The second-order valence-electron chi connectivity index (χ2n) is 5.96. The maximum absolute atomic E-state index is 12.2. The van der Waals surface area contributed by atoms with E-state index in [1.54, 1.807) is 36.5 Å². The number of rotatable bonds is 5. The molecule has 1 amide bonds. The van der Waals surface area contributed by atoms with E-state index in [0.29, 0.717) is 16.4 Å². The summed E-state index contributed by atoms with van der Waals surface area (Å²) >= 11 is 5.84. The first kappa shape index (κ1) is 17.8. The third kappa shape index (κ3) is 4.52. The first-order valence-corrected chi connectivity index (χ1v) is 8.46. The second kappa shape index (κ2) is 7.89. The molecule has 0 saturated carbocycles. The Morgan fingerprint density at radius 2 is 1.50 bits per heavy atom. The van der Waals surface area contributed by atoms with Crippen LogP contribution >= 0.6 is 11.6 Å². The fourth-order valence-electron chi connectivity index (χ4n) is 2.34. The van der Waals surface area contributed by atoms with E-state index in [9.17, 15) is 4.79 Å². The van der Waals surface area contributed by atoms with Crippen molar-refractivity contribution in [2.45, 2.75) is 0 Å². The van der Waals surface area contributed by atoms with Gasteiger partial charge in [-0.2, -0.15) is 0 Å². The van der Waals surface area contributed by atoms with Crippen LogP contribution in [0, 0.1) is 0 Å². The summed E-state index contributed by atoms with van der Waals surface area (Å²) in [6.45, 7) is 0. The van der Waals surface area contributed by atoms with Gasteiger partial charge in [-0.25, -0.2) is 4.98 Å². The van der Waals surface area contributed by atoms with Crippen molar-refractivity contribution >= 4 is 40.3 Å². The second-order valence-corrected chi connectivity index (χ2v) is 6.40. The molecule has 0 aliphatic heterocycles. The van der Waals surface area contributed by atoms with Gasteiger partial charge in [0.15, 0.2) is 0 Å². The molecule has 0 aliphatic rings. The fourth-order valence-corrected chi connectivity index (χ4v) is 2.47. The molecule has 0 bridgehead atoms. The van der Waals surface area contributed by atoms with Gasteiger partial charge >= 0.3 is 0 Å². The first-order valence-electron chi connectivity index (χ1n) is 8.09. The van der Waals surface area contributed by atoms with Gasteiger partial charge in [-0.3, -0.25) is 4.79 Å². The van der Waals surface area contributed by atoms with Crippen molar-refractivity contribution in [3.63, 3.8) is 0 Å². The van der Waals surface area contributed by atoms with Crippen molar-refractivity contribution in [3.05, 3.63) is 77.6 Å². The van der Waals surface area contributed by atoms with Crippen LogP contribution in [0.15, 0.2) is 66.9 Å². The molecular weight excluding hydrogens is 348 g/mol. The zero-order chi connectivity index (χ0) is 18.5. The predicted molar refractivity (Wildman–Crippen MR) is 108 cm³/mol. The molecule has 3 aromatic rings. The smallest absolute Gasteiger partial charge is 0.274 e. The van der Waals surface area contributed by atoms with Crippen LogP contribution in [0.4, 0.5) is 22.7 Å². The summed E-state index contributed by atoms with van der Waals surface area (Å²) in [5, 5.41) is 6.67. The van der Waals surface area contributed by atoms with Crippen LogP contribution in [0.3, 0.4) is 0 Å². The number of nitrogens with zero attached hydrogens (tertiary/aromatic N) is 2. The molecule has 132 valence electrons. The minimum absolute atomic E-state index is 0.269. The highest BCUT2D eigenvalue weighted by atomic mass is 35.5. The van der Waals surface area contributed by atoms with Gasteiger partial charge in [0.05, 0.1) is 11.9 Å². The lowest BCUT2D eigenvalue weighted by Gasteiger charge is -2.13. The Balaban J connectivity index is 1.64. The minimum Gasteiger partial charge on any atom is -0.378 e. The lowest BCUT2D eigenvalue weighted by molar-refractivity contribution is 0.102. The highest BCUT2D eigenvalue weighted by molar-refractivity contribution is 6.30. The Morgan fingerprint density at radius 1 is 0.885 bits per heavy atom. The van der Waals surface area contributed by atoms with Gasteiger partial charge in [-0.05, 0) is 60.7 Å². The summed E-state index contributed by atoms with van der Waals surface area (Å²) in [7, 11) is 4.00. The van der Waals surface area contributed by atoms with E-state index < -0.39 is 0 Å². The molecule has 1 aromatic heterocycles. The Bertz CT molecular complexity index is 875. The molecule has 0 aliphatic carbocycles. The standard InChI is InChI=1S/C20H19ClN4O/c1-25(2)18-10-7-15(8-11-18)23-17-9-12-19(22-13-17)20(26)24-16-5-3-14(21)4-6-16/h3-13,23H,1-2H3,(H,24,26). The molecular formula is C20H19ClN4O. The molecule has 2 N–H and O–H groups in total. The summed E-state index contributed by atoms with van der Waals surface area (Å²) in [5.41, 5.74) is 3.90. The number of anilines is 4. The van der Waals surface area contributed by atoms with Crippen molar-refractivity contribution in [1.82, 2.24) is 4.98 Å². The number of carbonyl (C=O) groups excluding carboxylic acids is 1. The molecule has 1 heterocycles. The van der Waals surface area contributed by atoms with Crippen molar-refractivity contribution in [3.8, 4) is 0 Å². The molecule has 6 heteroatoms. The number of nitrogens with one attached hydrogen (secondary N) is 2. The third-order valence-electron chi connectivity index (χ3n) is 3.77. The van der Waals surface area contributed by atoms with Gasteiger partial charge in [0.25, 0.3) is 5.91 Å². The monoisotopic (exact) mass is 366 g/mol. The number of carbonyl (C=O) groups is 1. The lowest BCUT2D eigenvalue weighted by Crippen LogP contribution is -2.13. The van der Waals surface area contributed by atoms with E-state index in [0.717, 1.165) is 17.1 Å². The molecule has 0 saturated heterocycles. The normalized spacial score (nSPS) is 10.3. The lowest BCUT2D eigenvalue weighted by atomic mass is 10.2. The van der Waals surface area contributed by atoms with Crippen molar-refractivity contribution in [2.24, 2.45) is 0 Å². The van der Waals surface area contributed by atoms with Crippen molar-refractivity contribution < 1.29 is 4.79 Å². The van der Waals surface area contributed by atoms with Crippen molar-refractivity contribution in [1.29, 1.82) is 0 Å². The minimum atomic E-state index is -0.269. The largest absolute Gasteiger partial charge is 0.378 e. The van der Waals surface area contributed by atoms with Crippen LogP contribution in [0.25, 0.3) is 0 Å². The zero-order valence-corrected chi connectivity index (χ0v) is 15.3. The summed E-state index contributed by atoms with van der Waals surface area (Å²) < 4.78 is 0. The van der Waals surface area contributed by atoms with Crippen LogP contribution in [-0.4, -0.2) is 25.0 Å². The summed E-state index contributed by atoms with van der Waals surface area (Å²) in [6, 6.07) is 18.5. The maximum Gasteiger partial charge on any atom is 0.274 e. The van der Waals surface area contributed by atoms with E-state index in [2.05, 4.69) is 15.6 Å². The molecule has 0 unspecified atom stereocenters. The van der Waals surface area contributed by atoms with E-state index >= 15 is 0 Å². The molecule has 3 rings (SSSR count). The first-order chi connectivity index (χ1) is 12.5. The number of hydrogen-bond acceptors (Lipinski definition) is 4. The van der Waals surface area contributed by atoms with E-state index in [1.165, 1.54) is 0 Å². The van der Waals surface area contributed by atoms with Crippen LogP contribution in [0.1, 0.15) is 10.5 Å². The number of halogens is 1. The van der Waals surface area contributed by atoms with E-state index in [1.807, 2.05) is 49.3 Å². The van der Waals surface area contributed by atoms with E-state index in [4.69, 9.17) is 11.6 Å². The SMILES string of the molecule is CN(C)c1ccc(Nc2ccc(C(=O)Nc3ccc(Cl)cc3)nc2)cc1. The molecule has 2 aromatic carbocycles. The number of hydrogen-bond donors (Lipinski definition) is 2. The topological polar surface area (TPSA) is 57.3 Å². The maximum atomic E-state index is 12.2. The van der Waals surface area contributed by atoms with Gasteiger partial charge in [0.1, 0.15) is 5.69 Å². The van der Waals surface area contributed by atoms with Crippen LogP contribution in [-0.2, 0) is 0 Å². The Kier molecular flexibility index (Phi) is 5.39. The fraction of sp³-hybridized carbons (Fsp3) is 0.100. The molecule has 26 heavy (non-hydrogen) atoms. The molecule has 0 fully saturated rings. The zero-order valence-electron chi connectivity index (χ0n) is 14.5. The summed E-state index contributed by atoms with van der Waals surface area (Å²) in [4.78, 5) is 18.5. The quantitative estimate of drug-likeness (QED) is 0.681. The highest BCUT2D eigenvalue weighted by Gasteiger charge is 2.08. The predicted octanol–water partition coefficient (Wildman–Crippen LogP) is 4.80. The Hall–Kier alpha value is -3.05. The average molecular weight is 367 g/mol. The number of amides is 1. The molecule has 0 spiro atoms. The Labute approximate surface area is 157 Å². The van der Waals surface area contributed by atoms with Gasteiger partial charge < -0.3 is 15.5 Å². The highest BCUT2D eigenvalue weighted by Crippen LogP contribution is 2.20. The number of aromatic nitrogens is 1. The number of pyridine rings is 1. The van der Waals surface area contributed by atoms with Crippen LogP contribution in [0.5, 0.6) is 0 Å². The van der Waals surface area contributed by atoms with Gasteiger partial charge in [0, 0.05) is 36.2 Å². The molecule has 0 atom stereocenters. The number of benzene rings is 2. The summed E-state index contributed by atoms with van der Waals surface area (Å²) in [5.74, 6) is -0.269. The van der Waals surface area contributed by atoms with E-state index in [-0.39, 0.29) is 5.91 Å². The molecule has 5 nitrogen and oxygen atoms in total.